The highest BCUT2D eigenvalue weighted by Crippen LogP contribution is 2.25. The van der Waals surface area contributed by atoms with Crippen molar-refractivity contribution >= 4 is 17.6 Å². The van der Waals surface area contributed by atoms with Crippen LogP contribution < -0.4 is 4.74 Å². The Labute approximate surface area is 106 Å². The molecule has 0 atom stereocenters. The van der Waals surface area contributed by atoms with Crippen LogP contribution in [-0.2, 0) is 21.8 Å². The van der Waals surface area contributed by atoms with Gasteiger partial charge in [-0.1, -0.05) is 0 Å². The molecule has 18 heavy (non-hydrogen) atoms. The monoisotopic (exact) mass is 282 g/mol. The molecule has 1 rings (SSSR count). The smallest absolute Gasteiger partial charge is 0.387 e. The number of hydrogen-bond donors (Lipinski definition) is 0. The van der Waals surface area contributed by atoms with E-state index in [2.05, 4.69) is 9.47 Å². The van der Waals surface area contributed by atoms with Crippen LogP contribution in [0.1, 0.15) is 11.1 Å². The lowest BCUT2D eigenvalue weighted by Gasteiger charge is -2.11. The number of benzene rings is 1. The Balaban J connectivity index is 3.09. The SMILES string of the molecule is COC(=O)Cc1cc(OC(F)F)c(F)cc1CCl. The lowest BCUT2D eigenvalue weighted by atomic mass is 10.0. The van der Waals surface area contributed by atoms with Crippen LogP contribution in [0.5, 0.6) is 5.75 Å². The van der Waals surface area contributed by atoms with Gasteiger partial charge in [-0.15, -0.1) is 11.6 Å². The molecule has 0 aliphatic heterocycles. The van der Waals surface area contributed by atoms with Crippen LogP contribution >= 0.6 is 11.6 Å². The van der Waals surface area contributed by atoms with E-state index in [0.717, 1.165) is 12.1 Å². The fourth-order valence-corrected chi connectivity index (χ4v) is 1.59. The van der Waals surface area contributed by atoms with Gasteiger partial charge in [-0.3, -0.25) is 4.79 Å². The second-order valence-corrected chi connectivity index (χ2v) is 3.58. The van der Waals surface area contributed by atoms with Crippen LogP contribution in [0.2, 0.25) is 0 Å². The molecule has 0 spiro atoms. The Morgan fingerprint density at radius 1 is 1.39 bits per heavy atom. The zero-order valence-corrected chi connectivity index (χ0v) is 10.1. The third-order valence-electron chi connectivity index (χ3n) is 2.18. The molecule has 1 aromatic rings. The Kier molecular flexibility index (Phi) is 5.27. The summed E-state index contributed by atoms with van der Waals surface area (Å²) in [5.74, 6) is -2.23. The van der Waals surface area contributed by atoms with E-state index in [-0.39, 0.29) is 17.9 Å². The summed E-state index contributed by atoms with van der Waals surface area (Å²) in [5.41, 5.74) is 0.607. The van der Waals surface area contributed by atoms with Gasteiger partial charge in [0.05, 0.1) is 13.5 Å². The van der Waals surface area contributed by atoms with Crippen LogP contribution in [-0.4, -0.2) is 19.7 Å². The van der Waals surface area contributed by atoms with Crippen molar-refractivity contribution in [2.45, 2.75) is 18.9 Å². The number of halogens is 4. The van der Waals surface area contributed by atoms with E-state index in [1.54, 1.807) is 0 Å². The topological polar surface area (TPSA) is 35.5 Å². The predicted molar refractivity (Wildman–Crippen MR) is 58.3 cm³/mol. The fourth-order valence-electron chi connectivity index (χ4n) is 1.34. The van der Waals surface area contributed by atoms with Gasteiger partial charge < -0.3 is 9.47 Å². The average molecular weight is 283 g/mol. The number of ether oxygens (including phenoxy) is 2. The van der Waals surface area contributed by atoms with Crippen LogP contribution in [0.3, 0.4) is 0 Å². The van der Waals surface area contributed by atoms with Gasteiger partial charge in [0, 0.05) is 5.88 Å². The maximum Gasteiger partial charge on any atom is 0.387 e. The molecule has 0 bridgehead atoms. The Morgan fingerprint density at radius 3 is 2.56 bits per heavy atom. The average Bonchev–Trinajstić information content (AvgIpc) is 2.32. The van der Waals surface area contributed by atoms with E-state index < -0.39 is 24.1 Å². The summed E-state index contributed by atoms with van der Waals surface area (Å²) in [5, 5.41) is 0. The fraction of sp³-hybridized carbons (Fsp3) is 0.364. The van der Waals surface area contributed by atoms with Crippen molar-refractivity contribution in [2.75, 3.05) is 7.11 Å². The van der Waals surface area contributed by atoms with Crippen molar-refractivity contribution in [3.05, 3.63) is 29.1 Å². The van der Waals surface area contributed by atoms with E-state index in [0.29, 0.717) is 5.56 Å². The van der Waals surface area contributed by atoms with Crippen molar-refractivity contribution in [1.82, 2.24) is 0 Å². The van der Waals surface area contributed by atoms with Crippen LogP contribution in [0, 0.1) is 5.82 Å². The predicted octanol–water partition coefficient (Wildman–Crippen LogP) is 2.88. The van der Waals surface area contributed by atoms with Crippen molar-refractivity contribution in [2.24, 2.45) is 0 Å². The quantitative estimate of drug-likeness (QED) is 0.615. The number of methoxy groups -OCH3 is 1. The summed E-state index contributed by atoms with van der Waals surface area (Å²) in [4.78, 5) is 11.1. The maximum absolute atomic E-state index is 13.4. The van der Waals surface area contributed by atoms with Crippen LogP contribution in [0.4, 0.5) is 13.2 Å². The molecule has 0 saturated carbocycles. The maximum atomic E-state index is 13.4. The zero-order chi connectivity index (χ0) is 13.7. The minimum atomic E-state index is -3.15. The molecular weight excluding hydrogens is 273 g/mol. The first-order valence-electron chi connectivity index (χ1n) is 4.86. The largest absolute Gasteiger partial charge is 0.469 e. The number of esters is 1. The lowest BCUT2D eigenvalue weighted by molar-refractivity contribution is -0.139. The molecule has 0 fully saturated rings. The van der Waals surface area contributed by atoms with Crippen molar-refractivity contribution in [3.63, 3.8) is 0 Å². The van der Waals surface area contributed by atoms with Crippen LogP contribution in [0.25, 0.3) is 0 Å². The zero-order valence-electron chi connectivity index (χ0n) is 9.38. The van der Waals surface area contributed by atoms with Crippen molar-refractivity contribution in [1.29, 1.82) is 0 Å². The molecule has 100 valence electrons. The summed E-state index contributed by atoms with van der Waals surface area (Å²) in [7, 11) is 1.18. The van der Waals surface area contributed by atoms with Crippen molar-refractivity contribution in [3.8, 4) is 5.75 Å². The Bertz CT molecular complexity index is 438. The molecule has 0 aliphatic carbocycles. The van der Waals surface area contributed by atoms with Crippen molar-refractivity contribution < 1.29 is 27.4 Å². The molecule has 1 aromatic carbocycles. The highest BCUT2D eigenvalue weighted by atomic mass is 35.5. The van der Waals surface area contributed by atoms with Gasteiger partial charge in [-0.2, -0.15) is 8.78 Å². The number of carbonyl (C=O) groups excluding carboxylic acids is 1. The molecule has 0 N–H and O–H groups in total. The van der Waals surface area contributed by atoms with Gasteiger partial charge in [0.2, 0.25) is 0 Å². The molecule has 0 aliphatic rings. The summed E-state index contributed by atoms with van der Waals surface area (Å²) >= 11 is 5.58. The van der Waals surface area contributed by atoms with Gasteiger partial charge >= 0.3 is 12.6 Å². The number of alkyl halides is 3. The minimum Gasteiger partial charge on any atom is -0.469 e. The van der Waals surface area contributed by atoms with E-state index in [4.69, 9.17) is 11.6 Å². The highest BCUT2D eigenvalue weighted by molar-refractivity contribution is 6.17. The number of rotatable bonds is 5. The first-order chi connectivity index (χ1) is 8.47. The third kappa shape index (κ3) is 3.80. The molecule has 0 radical (unpaired) electrons. The summed E-state index contributed by atoms with van der Waals surface area (Å²) < 4.78 is 45.9. The molecule has 0 heterocycles. The van der Waals surface area contributed by atoms with Gasteiger partial charge in [-0.05, 0) is 23.3 Å². The first kappa shape index (κ1) is 14.6. The van der Waals surface area contributed by atoms with E-state index >= 15 is 0 Å². The molecule has 3 nitrogen and oxygen atoms in total. The minimum absolute atomic E-state index is 0.0573. The van der Waals surface area contributed by atoms with E-state index in [1.807, 2.05) is 0 Å². The second-order valence-electron chi connectivity index (χ2n) is 3.32. The second kappa shape index (κ2) is 6.49. The Hall–Kier alpha value is -1.43. The molecule has 7 heteroatoms. The van der Waals surface area contributed by atoms with Gasteiger partial charge in [0.25, 0.3) is 0 Å². The summed E-state index contributed by atoms with van der Waals surface area (Å²) in [6, 6.07) is 1.99. The molecular formula is C11H10ClF3O3. The van der Waals surface area contributed by atoms with Crippen LogP contribution in [0.15, 0.2) is 12.1 Å². The first-order valence-corrected chi connectivity index (χ1v) is 5.40. The van der Waals surface area contributed by atoms with E-state index in [9.17, 15) is 18.0 Å². The number of carbonyl (C=O) groups is 1. The Morgan fingerprint density at radius 2 is 2.06 bits per heavy atom. The molecule has 0 saturated heterocycles. The normalized spacial score (nSPS) is 10.6. The third-order valence-corrected chi connectivity index (χ3v) is 2.46. The summed E-state index contributed by atoms with van der Waals surface area (Å²) in [6.07, 6.45) is -0.196. The molecule has 0 unspecified atom stereocenters. The summed E-state index contributed by atoms with van der Waals surface area (Å²) in [6.45, 7) is -3.15. The highest BCUT2D eigenvalue weighted by Gasteiger charge is 2.16. The molecule has 0 aromatic heterocycles. The lowest BCUT2D eigenvalue weighted by Crippen LogP contribution is -2.09. The van der Waals surface area contributed by atoms with Gasteiger partial charge in [-0.25, -0.2) is 4.39 Å². The van der Waals surface area contributed by atoms with Gasteiger partial charge in [0.15, 0.2) is 11.6 Å². The number of hydrogen-bond acceptors (Lipinski definition) is 3. The standard InChI is InChI=1S/C11H10ClF3O3/c1-17-10(16)4-6-3-9(18-11(14)15)8(13)2-7(6)5-12/h2-3,11H,4-5H2,1H3. The van der Waals surface area contributed by atoms with Gasteiger partial charge in [0.1, 0.15) is 0 Å². The molecule has 0 amide bonds. The van der Waals surface area contributed by atoms with E-state index in [1.165, 1.54) is 7.11 Å².